The van der Waals surface area contributed by atoms with E-state index in [0.29, 0.717) is 33.9 Å². The number of hydrogen-bond acceptors (Lipinski definition) is 8. The molecule has 9 heteroatoms. The van der Waals surface area contributed by atoms with Crippen molar-refractivity contribution in [3.63, 3.8) is 0 Å². The summed E-state index contributed by atoms with van der Waals surface area (Å²) in [5.74, 6) is 2.08. The summed E-state index contributed by atoms with van der Waals surface area (Å²) in [5.41, 5.74) is 4.41. The van der Waals surface area contributed by atoms with Gasteiger partial charge in [-0.2, -0.15) is 4.98 Å². The van der Waals surface area contributed by atoms with Crippen molar-refractivity contribution in [2.45, 2.75) is 37.7 Å². The van der Waals surface area contributed by atoms with Crippen LogP contribution in [-0.4, -0.2) is 41.6 Å². The zero-order valence-corrected chi connectivity index (χ0v) is 20.7. The molecule has 1 aliphatic rings. The Morgan fingerprint density at radius 2 is 1.88 bits per heavy atom. The van der Waals surface area contributed by atoms with Crippen LogP contribution in [-0.2, 0) is 15.3 Å². The Morgan fingerprint density at radius 3 is 2.59 bits per heavy atom. The molecule has 1 atom stereocenters. The van der Waals surface area contributed by atoms with Gasteiger partial charge in [-0.3, -0.25) is 0 Å². The van der Waals surface area contributed by atoms with Gasteiger partial charge in [0, 0.05) is 11.4 Å². The van der Waals surface area contributed by atoms with Crippen molar-refractivity contribution >= 4 is 23.7 Å². The zero-order valence-electron chi connectivity index (χ0n) is 19.9. The van der Waals surface area contributed by atoms with Gasteiger partial charge in [0.2, 0.25) is 11.1 Å². The van der Waals surface area contributed by atoms with Gasteiger partial charge in [-0.15, -0.1) is 5.10 Å². The second-order valence-electron chi connectivity index (χ2n) is 7.78. The van der Waals surface area contributed by atoms with Crippen LogP contribution in [0.2, 0.25) is 0 Å². The molecule has 34 heavy (non-hydrogen) atoms. The number of carbonyl (C=O) groups is 1. The predicted molar refractivity (Wildman–Crippen MR) is 131 cm³/mol. The van der Waals surface area contributed by atoms with E-state index in [1.165, 1.54) is 11.1 Å². The van der Waals surface area contributed by atoms with Crippen molar-refractivity contribution in [2.24, 2.45) is 0 Å². The summed E-state index contributed by atoms with van der Waals surface area (Å²) in [4.78, 5) is 17.7. The van der Waals surface area contributed by atoms with Crippen LogP contribution in [0.15, 0.2) is 58.9 Å². The number of carbonyl (C=O) groups excluding carboxylic acids is 1. The third-order valence-corrected chi connectivity index (χ3v) is 6.56. The molecule has 1 aliphatic heterocycles. The lowest BCUT2D eigenvalue weighted by atomic mass is 9.95. The Morgan fingerprint density at radius 1 is 1.12 bits per heavy atom. The molecule has 0 saturated carbocycles. The van der Waals surface area contributed by atoms with E-state index in [1.807, 2.05) is 37.3 Å². The number of nitrogens with zero attached hydrogens (tertiary/aromatic N) is 3. The predicted octanol–water partition coefficient (Wildman–Crippen LogP) is 4.75. The molecular weight excluding hydrogens is 452 g/mol. The van der Waals surface area contributed by atoms with E-state index < -0.39 is 12.0 Å². The summed E-state index contributed by atoms with van der Waals surface area (Å²) >= 11 is 1.55. The van der Waals surface area contributed by atoms with Gasteiger partial charge in [-0.05, 0) is 49.6 Å². The van der Waals surface area contributed by atoms with Gasteiger partial charge in [0.05, 0.1) is 26.4 Å². The molecule has 0 fully saturated rings. The first-order chi connectivity index (χ1) is 16.5. The summed E-state index contributed by atoms with van der Waals surface area (Å²) in [6, 6.07) is 13.3. The Bertz CT molecular complexity index is 1240. The first kappa shape index (κ1) is 23.7. The smallest absolute Gasteiger partial charge is 0.338 e. The average Bonchev–Trinajstić information content (AvgIpc) is 3.24. The van der Waals surface area contributed by atoms with Crippen LogP contribution >= 0.6 is 11.8 Å². The number of allylic oxidation sites excluding steroid dienone is 1. The number of aryl methyl sites for hydroxylation is 1. The third-order valence-electron chi connectivity index (χ3n) is 5.67. The van der Waals surface area contributed by atoms with E-state index in [2.05, 4.69) is 24.4 Å². The maximum absolute atomic E-state index is 13.0. The Hall–Kier alpha value is -3.46. The maximum Gasteiger partial charge on any atom is 0.338 e. The van der Waals surface area contributed by atoms with Crippen molar-refractivity contribution < 1.29 is 19.0 Å². The fraction of sp³-hybridized carbons (Fsp3) is 0.320. The number of ether oxygens (including phenoxy) is 3. The monoisotopic (exact) mass is 480 g/mol. The van der Waals surface area contributed by atoms with E-state index in [0.717, 1.165) is 11.3 Å². The minimum atomic E-state index is -0.532. The van der Waals surface area contributed by atoms with Crippen LogP contribution in [0.3, 0.4) is 0 Å². The van der Waals surface area contributed by atoms with Crippen molar-refractivity contribution in [2.75, 3.05) is 26.1 Å². The fourth-order valence-electron chi connectivity index (χ4n) is 3.91. The number of esters is 1. The van der Waals surface area contributed by atoms with Crippen LogP contribution in [0.1, 0.15) is 36.6 Å². The summed E-state index contributed by atoms with van der Waals surface area (Å²) in [7, 11) is 3.17. The Labute approximate surface area is 203 Å². The fourth-order valence-corrected chi connectivity index (χ4v) is 4.82. The molecule has 0 amide bonds. The standard InChI is InChI=1S/C25H28N4O4S/c1-6-33-23(30)21-16(3)26-24-27-25(34-14-18-10-8-7-9-15(18)2)28-29(24)22(21)17-11-12-19(31-4)20(13-17)32-5/h7-13,22H,6,14H2,1-5H3,(H,26,27,28)/t22-/m0/s1. The molecule has 1 N–H and O–H groups in total. The Kier molecular flexibility index (Phi) is 7.12. The summed E-state index contributed by atoms with van der Waals surface area (Å²) in [6.45, 7) is 6.00. The van der Waals surface area contributed by atoms with Crippen LogP contribution in [0.5, 0.6) is 11.5 Å². The topological polar surface area (TPSA) is 87.5 Å². The van der Waals surface area contributed by atoms with E-state index in [9.17, 15) is 4.79 Å². The summed E-state index contributed by atoms with van der Waals surface area (Å²) < 4.78 is 18.0. The number of benzene rings is 2. The molecule has 0 radical (unpaired) electrons. The number of aromatic nitrogens is 3. The number of methoxy groups -OCH3 is 2. The van der Waals surface area contributed by atoms with Crippen LogP contribution in [0.25, 0.3) is 0 Å². The van der Waals surface area contributed by atoms with Gasteiger partial charge in [0.15, 0.2) is 11.5 Å². The number of hydrogen-bond donors (Lipinski definition) is 1. The third kappa shape index (κ3) is 4.61. The van der Waals surface area contributed by atoms with E-state index in [4.69, 9.17) is 24.3 Å². The molecule has 1 aromatic heterocycles. The lowest BCUT2D eigenvalue weighted by Gasteiger charge is -2.28. The largest absolute Gasteiger partial charge is 0.493 e. The van der Waals surface area contributed by atoms with Crippen molar-refractivity contribution in [3.8, 4) is 11.5 Å². The van der Waals surface area contributed by atoms with Crippen molar-refractivity contribution in [1.29, 1.82) is 0 Å². The van der Waals surface area contributed by atoms with Crippen LogP contribution < -0.4 is 14.8 Å². The van der Waals surface area contributed by atoms with Gasteiger partial charge in [-0.1, -0.05) is 42.1 Å². The molecule has 0 aliphatic carbocycles. The number of anilines is 1. The molecule has 0 saturated heterocycles. The van der Waals surface area contributed by atoms with Crippen LogP contribution in [0, 0.1) is 6.92 Å². The van der Waals surface area contributed by atoms with E-state index in [-0.39, 0.29) is 6.61 Å². The highest BCUT2D eigenvalue weighted by Gasteiger charge is 2.35. The molecule has 0 spiro atoms. The number of rotatable bonds is 8. The molecular formula is C25H28N4O4S. The van der Waals surface area contributed by atoms with Gasteiger partial charge >= 0.3 is 5.97 Å². The van der Waals surface area contributed by atoms with E-state index >= 15 is 0 Å². The molecule has 8 nitrogen and oxygen atoms in total. The zero-order chi connectivity index (χ0) is 24.2. The number of thioether (sulfide) groups is 1. The average molecular weight is 481 g/mol. The van der Waals surface area contributed by atoms with Gasteiger partial charge < -0.3 is 19.5 Å². The molecule has 2 heterocycles. The molecule has 4 rings (SSSR count). The summed E-state index contributed by atoms with van der Waals surface area (Å²) in [5, 5.41) is 8.62. The molecule has 0 bridgehead atoms. The number of fused-ring (bicyclic) bond motifs is 1. The van der Waals surface area contributed by atoms with Gasteiger partial charge in [-0.25, -0.2) is 9.48 Å². The van der Waals surface area contributed by atoms with Gasteiger partial charge in [0.25, 0.3) is 0 Å². The van der Waals surface area contributed by atoms with E-state index in [1.54, 1.807) is 37.6 Å². The highest BCUT2D eigenvalue weighted by molar-refractivity contribution is 7.98. The molecule has 2 aromatic carbocycles. The van der Waals surface area contributed by atoms with Crippen LogP contribution in [0.4, 0.5) is 5.95 Å². The highest BCUT2D eigenvalue weighted by Crippen LogP contribution is 2.40. The number of nitrogens with one attached hydrogen (secondary N) is 1. The van der Waals surface area contributed by atoms with Crippen molar-refractivity contribution in [1.82, 2.24) is 14.8 Å². The minimum absolute atomic E-state index is 0.274. The maximum atomic E-state index is 13.0. The molecule has 0 unspecified atom stereocenters. The first-order valence-corrected chi connectivity index (χ1v) is 12.0. The second kappa shape index (κ2) is 10.2. The van der Waals surface area contributed by atoms with Gasteiger partial charge in [0.1, 0.15) is 6.04 Å². The van der Waals surface area contributed by atoms with Crippen molar-refractivity contribution in [3.05, 3.63) is 70.4 Å². The highest BCUT2D eigenvalue weighted by atomic mass is 32.2. The first-order valence-electron chi connectivity index (χ1n) is 11.0. The lowest BCUT2D eigenvalue weighted by Crippen LogP contribution is -2.29. The second-order valence-corrected chi connectivity index (χ2v) is 8.72. The SMILES string of the molecule is CCOC(=O)C1=C(C)Nc2nc(SCc3ccccc3C)nn2[C@H]1c1ccc(OC)c(OC)c1. The molecule has 178 valence electrons. The lowest BCUT2D eigenvalue weighted by molar-refractivity contribution is -0.139. The normalized spacial score (nSPS) is 14.9. The summed E-state index contributed by atoms with van der Waals surface area (Å²) in [6.07, 6.45) is 0. The Balaban J connectivity index is 1.74. The quantitative estimate of drug-likeness (QED) is 0.365. The molecule has 3 aromatic rings. The minimum Gasteiger partial charge on any atom is -0.493 e.